The van der Waals surface area contributed by atoms with Crippen molar-refractivity contribution >= 4 is 29.9 Å². The molecule has 9 heteroatoms. The minimum atomic E-state index is 0. The summed E-state index contributed by atoms with van der Waals surface area (Å²) in [7, 11) is 1.78. The first-order valence-electron chi connectivity index (χ1n) is 7.60. The minimum Gasteiger partial charge on any atom is -0.356 e. The van der Waals surface area contributed by atoms with E-state index in [1.54, 1.807) is 19.6 Å². The second-order valence-electron chi connectivity index (χ2n) is 4.87. The van der Waals surface area contributed by atoms with E-state index in [2.05, 4.69) is 46.9 Å². The van der Waals surface area contributed by atoms with Crippen molar-refractivity contribution in [1.82, 2.24) is 34.9 Å². The van der Waals surface area contributed by atoms with Gasteiger partial charge in [-0.05, 0) is 6.42 Å². The lowest BCUT2D eigenvalue weighted by Gasteiger charge is -2.12. The molecule has 2 N–H and O–H groups in total. The molecule has 0 radical (unpaired) electrons. The van der Waals surface area contributed by atoms with E-state index in [0.717, 1.165) is 50.8 Å². The third-order valence-corrected chi connectivity index (χ3v) is 3.33. The van der Waals surface area contributed by atoms with Crippen LogP contribution in [0.4, 0.5) is 0 Å². The molecule has 2 aromatic rings. The highest BCUT2D eigenvalue weighted by Crippen LogP contribution is 1.94. The molecular weight excluding hydrogens is 407 g/mol. The zero-order valence-electron chi connectivity index (χ0n) is 13.6. The molecule has 0 aliphatic carbocycles. The van der Waals surface area contributed by atoms with E-state index in [1.165, 1.54) is 0 Å². The number of aromatic nitrogens is 5. The number of aliphatic imine (C=N–C) groups is 1. The predicted molar refractivity (Wildman–Crippen MR) is 101 cm³/mol. The molecule has 0 spiro atoms. The van der Waals surface area contributed by atoms with Gasteiger partial charge >= 0.3 is 0 Å². The Balaban J connectivity index is 0.00000264. The maximum Gasteiger partial charge on any atom is 0.191 e. The summed E-state index contributed by atoms with van der Waals surface area (Å²) in [6, 6.07) is 0. The van der Waals surface area contributed by atoms with Crippen LogP contribution in [0.5, 0.6) is 0 Å². The van der Waals surface area contributed by atoms with Crippen molar-refractivity contribution in [3.8, 4) is 0 Å². The summed E-state index contributed by atoms with van der Waals surface area (Å²) in [4.78, 5) is 8.24. The summed E-state index contributed by atoms with van der Waals surface area (Å²) < 4.78 is 4.12. The van der Waals surface area contributed by atoms with E-state index in [0.29, 0.717) is 0 Å². The van der Waals surface area contributed by atoms with Gasteiger partial charge in [0, 0.05) is 52.0 Å². The van der Waals surface area contributed by atoms with E-state index >= 15 is 0 Å². The summed E-state index contributed by atoms with van der Waals surface area (Å²) >= 11 is 0. The second kappa shape index (κ2) is 11.0. The number of halogens is 1. The molecule has 0 aliphatic heterocycles. The van der Waals surface area contributed by atoms with Gasteiger partial charge in [0.1, 0.15) is 12.2 Å². The molecule has 2 rings (SSSR count). The Labute approximate surface area is 153 Å². The number of nitrogens with zero attached hydrogens (tertiary/aromatic N) is 6. The lowest BCUT2D eigenvalue weighted by atomic mass is 10.4. The van der Waals surface area contributed by atoms with E-state index in [-0.39, 0.29) is 24.0 Å². The summed E-state index contributed by atoms with van der Waals surface area (Å²) in [6.07, 6.45) is 9.27. The highest BCUT2D eigenvalue weighted by molar-refractivity contribution is 14.0. The van der Waals surface area contributed by atoms with Gasteiger partial charge in [-0.1, -0.05) is 6.92 Å². The first kappa shape index (κ1) is 19.4. The summed E-state index contributed by atoms with van der Waals surface area (Å²) in [5.41, 5.74) is 0. The summed E-state index contributed by atoms with van der Waals surface area (Å²) in [5.74, 6) is 1.82. The van der Waals surface area contributed by atoms with Gasteiger partial charge in [-0.15, -0.1) is 34.2 Å². The van der Waals surface area contributed by atoms with Crippen LogP contribution in [0.2, 0.25) is 0 Å². The summed E-state index contributed by atoms with van der Waals surface area (Å²) in [5, 5.41) is 14.6. The van der Waals surface area contributed by atoms with Crippen molar-refractivity contribution in [3.05, 3.63) is 30.9 Å². The van der Waals surface area contributed by atoms with Crippen LogP contribution < -0.4 is 10.6 Å². The first-order chi connectivity index (χ1) is 10.8. The molecule has 2 heterocycles. The third kappa shape index (κ3) is 6.55. The van der Waals surface area contributed by atoms with Crippen LogP contribution in [-0.2, 0) is 19.5 Å². The van der Waals surface area contributed by atoms with Crippen LogP contribution in [0, 0.1) is 0 Å². The molecule has 0 amide bonds. The van der Waals surface area contributed by atoms with Crippen molar-refractivity contribution in [3.63, 3.8) is 0 Å². The van der Waals surface area contributed by atoms with Gasteiger partial charge in [0.05, 0.1) is 6.33 Å². The highest BCUT2D eigenvalue weighted by atomic mass is 127. The monoisotopic (exact) mass is 432 g/mol. The zero-order chi connectivity index (χ0) is 15.6. The first-order valence-corrected chi connectivity index (χ1v) is 7.60. The van der Waals surface area contributed by atoms with Crippen molar-refractivity contribution in [2.24, 2.45) is 4.99 Å². The summed E-state index contributed by atoms with van der Waals surface area (Å²) in [6.45, 7) is 5.50. The zero-order valence-corrected chi connectivity index (χ0v) is 16.0. The van der Waals surface area contributed by atoms with Gasteiger partial charge in [-0.25, -0.2) is 4.98 Å². The van der Waals surface area contributed by atoms with Gasteiger partial charge in [0.15, 0.2) is 5.96 Å². The van der Waals surface area contributed by atoms with Crippen LogP contribution >= 0.6 is 24.0 Å². The van der Waals surface area contributed by atoms with Crippen LogP contribution in [0.3, 0.4) is 0 Å². The lowest BCUT2D eigenvalue weighted by molar-refractivity contribution is 0.611. The number of nitrogens with one attached hydrogen (secondary N) is 2. The van der Waals surface area contributed by atoms with E-state index in [1.807, 2.05) is 12.5 Å². The number of aryl methyl sites for hydroxylation is 2. The molecule has 0 saturated carbocycles. The Morgan fingerprint density at radius 3 is 2.74 bits per heavy atom. The molecular formula is C14H25IN8. The fourth-order valence-corrected chi connectivity index (χ4v) is 2.14. The maximum absolute atomic E-state index is 4.22. The molecule has 0 unspecified atom stereocenters. The molecule has 8 nitrogen and oxygen atoms in total. The van der Waals surface area contributed by atoms with Crippen LogP contribution in [0.15, 0.2) is 30.0 Å². The number of hydrogen-bond acceptors (Lipinski definition) is 4. The maximum atomic E-state index is 4.22. The fourth-order valence-electron chi connectivity index (χ4n) is 2.14. The van der Waals surface area contributed by atoms with E-state index < -0.39 is 0 Å². The molecule has 0 aromatic carbocycles. The van der Waals surface area contributed by atoms with Crippen molar-refractivity contribution < 1.29 is 0 Å². The largest absolute Gasteiger partial charge is 0.356 e. The standard InChI is InChI=1S/C14H24N8.HI/c1-3-13-20-19-12-22(13)10-7-18-14(15-2)17-5-4-8-21-9-6-16-11-21;/h6,9,11-12H,3-5,7-8,10H2,1-2H3,(H2,15,17,18);1H. The second-order valence-corrected chi connectivity index (χ2v) is 4.87. The number of guanidine groups is 1. The fraction of sp³-hybridized carbons (Fsp3) is 0.571. The van der Waals surface area contributed by atoms with Crippen molar-refractivity contribution in [2.45, 2.75) is 32.9 Å². The smallest absolute Gasteiger partial charge is 0.191 e. The normalized spacial score (nSPS) is 11.1. The van der Waals surface area contributed by atoms with Crippen LogP contribution in [0.1, 0.15) is 19.2 Å². The average Bonchev–Trinajstić information content (AvgIpc) is 3.20. The van der Waals surface area contributed by atoms with Gasteiger partial charge in [-0.2, -0.15) is 0 Å². The SMILES string of the molecule is CCc1nncn1CCNC(=NC)NCCCn1ccnc1.I. The van der Waals surface area contributed by atoms with Crippen molar-refractivity contribution in [2.75, 3.05) is 20.1 Å². The minimum absolute atomic E-state index is 0. The van der Waals surface area contributed by atoms with Gasteiger partial charge < -0.3 is 19.8 Å². The van der Waals surface area contributed by atoms with Crippen molar-refractivity contribution in [1.29, 1.82) is 0 Å². The predicted octanol–water partition coefficient (Wildman–Crippen LogP) is 0.910. The number of hydrogen-bond donors (Lipinski definition) is 2. The molecule has 2 aromatic heterocycles. The van der Waals surface area contributed by atoms with Gasteiger partial charge in [-0.3, -0.25) is 4.99 Å². The van der Waals surface area contributed by atoms with Crippen LogP contribution in [0.25, 0.3) is 0 Å². The Morgan fingerprint density at radius 2 is 2.04 bits per heavy atom. The molecule has 0 atom stereocenters. The lowest BCUT2D eigenvalue weighted by Crippen LogP contribution is -2.39. The Bertz CT molecular complexity index is 563. The molecule has 0 fully saturated rings. The molecule has 128 valence electrons. The third-order valence-electron chi connectivity index (χ3n) is 3.33. The average molecular weight is 432 g/mol. The number of imidazole rings is 1. The van der Waals surface area contributed by atoms with E-state index in [9.17, 15) is 0 Å². The Hall–Kier alpha value is -1.65. The van der Waals surface area contributed by atoms with Gasteiger partial charge in [0.2, 0.25) is 0 Å². The molecule has 0 bridgehead atoms. The molecule has 23 heavy (non-hydrogen) atoms. The highest BCUT2D eigenvalue weighted by Gasteiger charge is 2.02. The molecule has 0 aliphatic rings. The topological polar surface area (TPSA) is 85.0 Å². The quantitative estimate of drug-likeness (QED) is 0.281. The van der Waals surface area contributed by atoms with Gasteiger partial charge in [0.25, 0.3) is 0 Å². The van der Waals surface area contributed by atoms with E-state index in [4.69, 9.17) is 0 Å². The Kier molecular flexibility index (Phi) is 9.25. The Morgan fingerprint density at radius 1 is 1.22 bits per heavy atom. The molecule has 0 saturated heterocycles. The van der Waals surface area contributed by atoms with Crippen LogP contribution in [-0.4, -0.2) is 50.4 Å². The number of rotatable bonds is 8.